The highest BCUT2D eigenvalue weighted by atomic mass is 16.1. The maximum atomic E-state index is 13.0. The molecule has 4 rings (SSSR count). The lowest BCUT2D eigenvalue weighted by atomic mass is 10.2. The Morgan fingerprint density at radius 3 is 2.71 bits per heavy atom. The summed E-state index contributed by atoms with van der Waals surface area (Å²) in [5.41, 5.74) is 5.31. The molecule has 0 radical (unpaired) electrons. The van der Waals surface area contributed by atoms with Crippen molar-refractivity contribution in [1.29, 1.82) is 0 Å². The van der Waals surface area contributed by atoms with Crippen molar-refractivity contribution in [1.82, 2.24) is 19.3 Å². The first-order valence-electron chi connectivity index (χ1n) is 9.46. The highest BCUT2D eigenvalue weighted by molar-refractivity contribution is 6.04. The van der Waals surface area contributed by atoms with Gasteiger partial charge in [-0.15, -0.1) is 0 Å². The number of imidazole rings is 1. The Bertz CT molecular complexity index is 1150. The molecule has 0 fully saturated rings. The first-order valence-corrected chi connectivity index (χ1v) is 9.46. The van der Waals surface area contributed by atoms with Gasteiger partial charge in [-0.2, -0.15) is 5.10 Å². The van der Waals surface area contributed by atoms with Gasteiger partial charge in [0, 0.05) is 6.54 Å². The summed E-state index contributed by atoms with van der Waals surface area (Å²) in [7, 11) is 0. The first-order chi connectivity index (χ1) is 13.6. The maximum absolute atomic E-state index is 13.0. The molecular formula is C22H23N5O. The van der Waals surface area contributed by atoms with Crippen LogP contribution >= 0.6 is 0 Å². The molecule has 2 aromatic carbocycles. The number of benzene rings is 2. The fourth-order valence-electron chi connectivity index (χ4n) is 3.44. The van der Waals surface area contributed by atoms with Gasteiger partial charge in [-0.25, -0.2) is 9.67 Å². The largest absolute Gasteiger partial charge is 0.310 e. The number of aromatic nitrogens is 4. The standard InChI is InChI=1S/C22H23N5O/c1-4-12-26-20-11-6-5-10-19(20)24-22(26)25-21(28)18-14-23-27(16(18)3)17-9-7-8-15(2)13-17/h5-11,13-14H,4,12H2,1-3H3,(H,24,25,28). The smallest absolute Gasteiger partial charge is 0.261 e. The van der Waals surface area contributed by atoms with E-state index >= 15 is 0 Å². The molecule has 1 amide bonds. The molecule has 2 heterocycles. The molecule has 6 heteroatoms. The van der Waals surface area contributed by atoms with E-state index in [1.165, 1.54) is 0 Å². The lowest BCUT2D eigenvalue weighted by Crippen LogP contribution is -2.17. The Labute approximate surface area is 163 Å². The number of anilines is 1. The summed E-state index contributed by atoms with van der Waals surface area (Å²) >= 11 is 0. The molecule has 0 spiro atoms. The van der Waals surface area contributed by atoms with Crippen molar-refractivity contribution >= 4 is 22.9 Å². The van der Waals surface area contributed by atoms with Crippen LogP contribution in [0.4, 0.5) is 5.95 Å². The van der Waals surface area contributed by atoms with Crippen LogP contribution in [0.3, 0.4) is 0 Å². The molecule has 0 saturated carbocycles. The van der Waals surface area contributed by atoms with E-state index in [9.17, 15) is 4.79 Å². The number of nitrogens with one attached hydrogen (secondary N) is 1. The SMILES string of the molecule is CCCn1c(NC(=O)c2cnn(-c3cccc(C)c3)c2C)nc2ccccc21. The van der Waals surface area contributed by atoms with E-state index in [0.29, 0.717) is 11.5 Å². The number of nitrogens with zero attached hydrogens (tertiary/aromatic N) is 4. The summed E-state index contributed by atoms with van der Waals surface area (Å²) in [6, 6.07) is 16.0. The molecule has 0 aliphatic rings. The number of aryl methyl sites for hydroxylation is 2. The van der Waals surface area contributed by atoms with Crippen LogP contribution in [0.2, 0.25) is 0 Å². The van der Waals surface area contributed by atoms with E-state index < -0.39 is 0 Å². The van der Waals surface area contributed by atoms with Crippen LogP contribution in [0.15, 0.2) is 54.7 Å². The van der Waals surface area contributed by atoms with Crippen LogP contribution in [0.5, 0.6) is 0 Å². The molecular weight excluding hydrogens is 350 g/mol. The molecule has 142 valence electrons. The fourth-order valence-corrected chi connectivity index (χ4v) is 3.44. The van der Waals surface area contributed by atoms with Gasteiger partial charge in [0.2, 0.25) is 5.95 Å². The van der Waals surface area contributed by atoms with Gasteiger partial charge >= 0.3 is 0 Å². The molecule has 28 heavy (non-hydrogen) atoms. The van der Waals surface area contributed by atoms with Crippen molar-refractivity contribution in [2.75, 3.05) is 5.32 Å². The molecule has 0 atom stereocenters. The Morgan fingerprint density at radius 1 is 1.11 bits per heavy atom. The number of carbonyl (C=O) groups excluding carboxylic acids is 1. The minimum atomic E-state index is -0.205. The van der Waals surface area contributed by atoms with Gasteiger partial charge < -0.3 is 4.57 Å². The second kappa shape index (κ2) is 7.31. The van der Waals surface area contributed by atoms with E-state index in [2.05, 4.69) is 22.3 Å². The molecule has 0 saturated heterocycles. The number of amides is 1. The van der Waals surface area contributed by atoms with Gasteiger partial charge in [0.25, 0.3) is 5.91 Å². The predicted molar refractivity (Wildman–Crippen MR) is 111 cm³/mol. The number of rotatable bonds is 5. The number of para-hydroxylation sites is 2. The van der Waals surface area contributed by atoms with Gasteiger partial charge in [-0.1, -0.05) is 31.2 Å². The topological polar surface area (TPSA) is 64.7 Å². The van der Waals surface area contributed by atoms with E-state index in [4.69, 9.17) is 0 Å². The number of hydrogen-bond donors (Lipinski definition) is 1. The van der Waals surface area contributed by atoms with E-state index in [-0.39, 0.29) is 5.91 Å². The Morgan fingerprint density at radius 2 is 1.93 bits per heavy atom. The van der Waals surface area contributed by atoms with Gasteiger partial charge in [-0.3, -0.25) is 10.1 Å². The maximum Gasteiger partial charge on any atom is 0.261 e. The summed E-state index contributed by atoms with van der Waals surface area (Å²) in [4.78, 5) is 17.6. The third kappa shape index (κ3) is 3.17. The average Bonchev–Trinajstić information content (AvgIpc) is 3.23. The lowest BCUT2D eigenvalue weighted by Gasteiger charge is -2.09. The summed E-state index contributed by atoms with van der Waals surface area (Å²) in [5.74, 6) is 0.361. The van der Waals surface area contributed by atoms with Crippen molar-refractivity contribution < 1.29 is 4.79 Å². The van der Waals surface area contributed by atoms with Gasteiger partial charge in [0.05, 0.1) is 34.2 Å². The highest BCUT2D eigenvalue weighted by Gasteiger charge is 2.18. The lowest BCUT2D eigenvalue weighted by molar-refractivity contribution is 0.102. The monoisotopic (exact) mass is 373 g/mol. The Balaban J connectivity index is 1.67. The van der Waals surface area contributed by atoms with Gasteiger partial charge in [0.15, 0.2) is 0 Å². The van der Waals surface area contributed by atoms with E-state index in [1.54, 1.807) is 10.9 Å². The molecule has 4 aromatic rings. The van der Waals surface area contributed by atoms with Crippen LogP contribution in [0.1, 0.15) is 35.0 Å². The van der Waals surface area contributed by atoms with Crippen LogP contribution in [-0.2, 0) is 6.54 Å². The fraction of sp³-hybridized carbons (Fsp3) is 0.227. The van der Waals surface area contributed by atoms with Crippen molar-refractivity contribution in [3.05, 3.63) is 71.5 Å². The molecule has 0 bridgehead atoms. The third-order valence-corrected chi connectivity index (χ3v) is 4.83. The quantitative estimate of drug-likeness (QED) is 0.560. The number of hydrogen-bond acceptors (Lipinski definition) is 3. The summed E-state index contributed by atoms with van der Waals surface area (Å²) in [6.07, 6.45) is 2.56. The zero-order valence-electron chi connectivity index (χ0n) is 16.3. The predicted octanol–water partition coefficient (Wildman–Crippen LogP) is 4.50. The van der Waals surface area contributed by atoms with Crippen molar-refractivity contribution in [2.45, 2.75) is 33.7 Å². The van der Waals surface area contributed by atoms with Crippen LogP contribution < -0.4 is 5.32 Å². The summed E-state index contributed by atoms with van der Waals surface area (Å²) in [5, 5.41) is 7.40. The zero-order chi connectivity index (χ0) is 19.7. The highest BCUT2D eigenvalue weighted by Crippen LogP contribution is 2.22. The second-order valence-corrected chi connectivity index (χ2v) is 6.92. The minimum Gasteiger partial charge on any atom is -0.310 e. The van der Waals surface area contributed by atoms with Crippen molar-refractivity contribution in [3.63, 3.8) is 0 Å². The molecule has 0 aliphatic carbocycles. The van der Waals surface area contributed by atoms with Crippen LogP contribution in [0.25, 0.3) is 16.7 Å². The average molecular weight is 373 g/mol. The second-order valence-electron chi connectivity index (χ2n) is 6.92. The normalized spacial score (nSPS) is 11.1. The Hall–Kier alpha value is -3.41. The number of fused-ring (bicyclic) bond motifs is 1. The summed E-state index contributed by atoms with van der Waals surface area (Å²) < 4.78 is 3.84. The molecule has 6 nitrogen and oxygen atoms in total. The first kappa shape index (κ1) is 18.0. The van der Waals surface area contributed by atoms with Gasteiger partial charge in [0.1, 0.15) is 0 Å². The van der Waals surface area contributed by atoms with E-state index in [0.717, 1.165) is 40.9 Å². The van der Waals surface area contributed by atoms with E-state index in [1.807, 2.05) is 66.9 Å². The van der Waals surface area contributed by atoms with Crippen molar-refractivity contribution in [3.8, 4) is 5.69 Å². The Kier molecular flexibility index (Phi) is 4.69. The van der Waals surface area contributed by atoms with Gasteiger partial charge in [-0.05, 0) is 50.1 Å². The van der Waals surface area contributed by atoms with Crippen LogP contribution in [-0.4, -0.2) is 25.2 Å². The third-order valence-electron chi connectivity index (χ3n) is 4.83. The van der Waals surface area contributed by atoms with Crippen molar-refractivity contribution in [2.24, 2.45) is 0 Å². The summed E-state index contributed by atoms with van der Waals surface area (Å²) in [6.45, 7) is 6.83. The molecule has 0 unspecified atom stereocenters. The molecule has 2 aromatic heterocycles. The minimum absolute atomic E-state index is 0.205. The molecule has 1 N–H and O–H groups in total. The zero-order valence-corrected chi connectivity index (χ0v) is 16.3. The number of carbonyl (C=O) groups is 1. The van der Waals surface area contributed by atoms with Crippen LogP contribution in [0, 0.1) is 13.8 Å². The molecule has 0 aliphatic heterocycles.